The van der Waals surface area contributed by atoms with Gasteiger partial charge in [0.05, 0.1) is 21.7 Å². The highest BCUT2D eigenvalue weighted by atomic mass is 32.2. The van der Waals surface area contributed by atoms with Gasteiger partial charge in [-0.3, -0.25) is 0 Å². The van der Waals surface area contributed by atoms with Crippen LogP contribution in [0.25, 0.3) is 0 Å². The van der Waals surface area contributed by atoms with E-state index in [-0.39, 0.29) is 0 Å². The molecule has 2 aromatic carbocycles. The summed E-state index contributed by atoms with van der Waals surface area (Å²) in [6.45, 7) is 0. The minimum Gasteiger partial charge on any atom is -0.606 e. The van der Waals surface area contributed by atoms with Gasteiger partial charge in [-0.05, 0) is 73.0 Å². The molecule has 0 aromatic heterocycles. The number of hydrogen-bond acceptors (Lipinski definition) is 5. The average Bonchev–Trinajstić information content (AvgIpc) is 2.49. The van der Waals surface area contributed by atoms with Crippen LogP contribution < -0.4 is 0 Å². The van der Waals surface area contributed by atoms with Gasteiger partial charge in [0.2, 0.25) is 0 Å². The summed E-state index contributed by atoms with van der Waals surface area (Å²) in [4.78, 5) is 9.08. The summed E-state index contributed by atoms with van der Waals surface area (Å²) in [6.07, 6.45) is 0. The van der Waals surface area contributed by atoms with Gasteiger partial charge < -0.3 is 4.55 Å². The van der Waals surface area contributed by atoms with Crippen LogP contribution in [-0.2, 0) is 11.2 Å². The standard InChI is InChI=1S/C14H8N2OS3/c17-20(13-5-1-11(2-6-13)15-9-18)14-7-3-12(4-8-14)16-10-19/h1-8H. The van der Waals surface area contributed by atoms with Crippen LogP contribution in [-0.4, -0.2) is 14.9 Å². The fraction of sp³-hybridized carbons (Fsp3) is 0. The van der Waals surface area contributed by atoms with Crippen molar-refractivity contribution < 1.29 is 4.55 Å². The molecule has 0 heterocycles. The lowest BCUT2D eigenvalue weighted by atomic mass is 10.3. The minimum absolute atomic E-state index is 0.686. The van der Waals surface area contributed by atoms with Gasteiger partial charge in [0.25, 0.3) is 0 Å². The molecule has 0 unspecified atom stereocenters. The van der Waals surface area contributed by atoms with Crippen molar-refractivity contribution in [2.45, 2.75) is 9.79 Å². The molecule has 0 spiro atoms. The quantitative estimate of drug-likeness (QED) is 0.479. The number of thiocarbonyl (C=S) groups is 2. The topological polar surface area (TPSA) is 47.8 Å². The first-order valence-electron chi connectivity index (χ1n) is 5.52. The fourth-order valence-corrected chi connectivity index (χ4v) is 2.78. The first-order chi connectivity index (χ1) is 9.74. The predicted octanol–water partition coefficient (Wildman–Crippen LogP) is 4.32. The highest BCUT2D eigenvalue weighted by Crippen LogP contribution is 2.24. The summed E-state index contributed by atoms with van der Waals surface area (Å²) in [6, 6.07) is 14.0. The zero-order chi connectivity index (χ0) is 14.4. The van der Waals surface area contributed by atoms with Crippen LogP contribution >= 0.6 is 24.4 Å². The van der Waals surface area contributed by atoms with Crippen LogP contribution in [0.15, 0.2) is 68.3 Å². The van der Waals surface area contributed by atoms with E-state index in [2.05, 4.69) is 44.7 Å². The van der Waals surface area contributed by atoms with Crippen LogP contribution in [0, 0.1) is 0 Å². The summed E-state index contributed by atoms with van der Waals surface area (Å²) in [5.74, 6) is 0. The van der Waals surface area contributed by atoms with Crippen molar-refractivity contribution in [2.24, 2.45) is 9.98 Å². The van der Waals surface area contributed by atoms with Gasteiger partial charge in [0, 0.05) is 11.2 Å². The Labute approximate surface area is 130 Å². The van der Waals surface area contributed by atoms with Crippen molar-refractivity contribution in [1.29, 1.82) is 0 Å². The average molecular weight is 316 g/mol. The van der Waals surface area contributed by atoms with Crippen LogP contribution in [0.4, 0.5) is 11.4 Å². The molecule has 20 heavy (non-hydrogen) atoms. The van der Waals surface area contributed by atoms with E-state index in [4.69, 9.17) is 0 Å². The molecule has 3 nitrogen and oxygen atoms in total. The van der Waals surface area contributed by atoms with Gasteiger partial charge in [0.1, 0.15) is 0 Å². The summed E-state index contributed by atoms with van der Waals surface area (Å²) in [5.41, 5.74) is 1.37. The minimum atomic E-state index is -1.25. The van der Waals surface area contributed by atoms with E-state index in [1.807, 2.05) is 0 Å². The van der Waals surface area contributed by atoms with E-state index in [9.17, 15) is 4.55 Å². The molecule has 0 aliphatic rings. The molecule has 0 saturated heterocycles. The molecule has 0 N–H and O–H groups in total. The molecule has 0 bridgehead atoms. The molecule has 0 fully saturated rings. The summed E-state index contributed by atoms with van der Waals surface area (Å²) in [5, 5.41) is 4.58. The number of aliphatic imine (C=N–C) groups is 2. The summed E-state index contributed by atoms with van der Waals surface area (Å²) < 4.78 is 12.4. The number of isothiocyanates is 2. The van der Waals surface area contributed by atoms with Crippen LogP contribution in [0.1, 0.15) is 0 Å². The Morgan fingerprint density at radius 2 is 1.10 bits per heavy atom. The van der Waals surface area contributed by atoms with Crippen LogP contribution in [0.2, 0.25) is 0 Å². The molecule has 2 rings (SSSR count). The third kappa shape index (κ3) is 3.68. The van der Waals surface area contributed by atoms with Crippen LogP contribution in [0.5, 0.6) is 0 Å². The van der Waals surface area contributed by atoms with Crippen molar-refractivity contribution in [3.8, 4) is 0 Å². The molecular weight excluding hydrogens is 308 g/mol. The van der Waals surface area contributed by atoms with Gasteiger partial charge in [0.15, 0.2) is 9.79 Å². The molecule has 98 valence electrons. The highest BCUT2D eigenvalue weighted by molar-refractivity contribution is 7.91. The zero-order valence-electron chi connectivity index (χ0n) is 10.1. The molecule has 0 aliphatic heterocycles. The maximum absolute atomic E-state index is 12.4. The summed E-state index contributed by atoms with van der Waals surface area (Å²) >= 11 is 7.81. The lowest BCUT2D eigenvalue weighted by molar-refractivity contribution is 0.595. The van der Waals surface area contributed by atoms with Crippen molar-refractivity contribution in [3.05, 3.63) is 48.5 Å². The lowest BCUT2D eigenvalue weighted by Gasteiger charge is -2.09. The monoisotopic (exact) mass is 316 g/mol. The largest absolute Gasteiger partial charge is 0.606 e. The SMILES string of the molecule is [O-][S+](c1ccc(N=C=S)cc1)c1ccc(N=C=S)cc1. The van der Waals surface area contributed by atoms with E-state index in [0.29, 0.717) is 21.2 Å². The van der Waals surface area contributed by atoms with E-state index >= 15 is 0 Å². The molecule has 0 amide bonds. The van der Waals surface area contributed by atoms with Gasteiger partial charge in [-0.2, -0.15) is 9.98 Å². The van der Waals surface area contributed by atoms with E-state index in [1.165, 1.54) is 0 Å². The van der Waals surface area contributed by atoms with Crippen molar-refractivity contribution in [1.82, 2.24) is 0 Å². The smallest absolute Gasteiger partial charge is 0.158 e. The zero-order valence-corrected chi connectivity index (χ0v) is 12.6. The lowest BCUT2D eigenvalue weighted by Crippen LogP contribution is -2.01. The van der Waals surface area contributed by atoms with Crippen molar-refractivity contribution >= 4 is 57.3 Å². The molecule has 0 aliphatic carbocycles. The second-order valence-electron chi connectivity index (χ2n) is 3.66. The van der Waals surface area contributed by atoms with Gasteiger partial charge in [-0.15, -0.1) is 0 Å². The third-order valence-corrected chi connectivity index (χ3v) is 4.03. The Kier molecular flexibility index (Phi) is 5.32. The Balaban J connectivity index is 2.23. The predicted molar refractivity (Wildman–Crippen MR) is 86.9 cm³/mol. The summed E-state index contributed by atoms with van der Waals surface area (Å²) in [7, 11) is 0. The first-order valence-corrected chi connectivity index (χ1v) is 7.49. The second kappa shape index (κ2) is 7.22. The number of nitrogens with zero attached hydrogens (tertiary/aromatic N) is 2. The third-order valence-electron chi connectivity index (χ3n) is 2.45. The maximum atomic E-state index is 12.4. The van der Waals surface area contributed by atoms with Crippen molar-refractivity contribution in [3.63, 3.8) is 0 Å². The molecular formula is C14H8N2OS3. The molecule has 0 radical (unpaired) electrons. The van der Waals surface area contributed by atoms with E-state index in [1.54, 1.807) is 48.5 Å². The van der Waals surface area contributed by atoms with Crippen molar-refractivity contribution in [2.75, 3.05) is 0 Å². The number of benzene rings is 2. The Bertz CT molecular complexity index is 624. The number of rotatable bonds is 4. The fourth-order valence-electron chi connectivity index (χ4n) is 1.53. The molecule has 0 saturated carbocycles. The van der Waals surface area contributed by atoms with Crippen LogP contribution in [0.3, 0.4) is 0 Å². The Morgan fingerprint density at radius 1 is 0.750 bits per heavy atom. The molecule has 0 atom stereocenters. The molecule has 6 heteroatoms. The number of hydrogen-bond donors (Lipinski definition) is 0. The van der Waals surface area contributed by atoms with Gasteiger partial charge >= 0.3 is 0 Å². The highest BCUT2D eigenvalue weighted by Gasteiger charge is 2.14. The van der Waals surface area contributed by atoms with Gasteiger partial charge in [-0.25, -0.2) is 0 Å². The normalized spacial score (nSPS) is 11.1. The molecule has 2 aromatic rings. The van der Waals surface area contributed by atoms with Gasteiger partial charge in [-0.1, -0.05) is 0 Å². The first kappa shape index (κ1) is 14.8. The Hall–Kier alpha value is -1.65. The van der Waals surface area contributed by atoms with E-state index < -0.39 is 11.2 Å². The second-order valence-corrected chi connectivity index (χ2v) is 5.51. The van der Waals surface area contributed by atoms with E-state index in [0.717, 1.165) is 0 Å². The Morgan fingerprint density at radius 3 is 1.40 bits per heavy atom. The maximum Gasteiger partial charge on any atom is 0.158 e.